The van der Waals surface area contributed by atoms with Crippen molar-refractivity contribution >= 4 is 28.5 Å². The van der Waals surface area contributed by atoms with Gasteiger partial charge in [0, 0.05) is 10.9 Å². The fourth-order valence-electron chi connectivity index (χ4n) is 2.06. The van der Waals surface area contributed by atoms with Crippen molar-refractivity contribution in [2.45, 2.75) is 0 Å². The number of carbonyl (C=O) groups excluding carboxylic acids is 1. The van der Waals surface area contributed by atoms with Crippen LogP contribution in [0.5, 0.6) is 0 Å². The van der Waals surface area contributed by atoms with Crippen LogP contribution in [0.2, 0.25) is 5.15 Å². The Labute approximate surface area is 130 Å². The predicted molar refractivity (Wildman–Crippen MR) is 81.3 cm³/mol. The minimum atomic E-state index is -0.458. The maximum Gasteiger partial charge on any atom is 0.337 e. The zero-order valence-corrected chi connectivity index (χ0v) is 12.3. The summed E-state index contributed by atoms with van der Waals surface area (Å²) in [6.07, 6.45) is 0. The predicted octanol–water partition coefficient (Wildman–Crippen LogP) is 3.88. The number of carbonyl (C=O) groups is 1. The molecule has 0 N–H and O–H groups in total. The number of ether oxygens (including phenoxy) is 1. The molecule has 0 atom stereocenters. The molecule has 110 valence electrons. The standard InChI is InChI=1S/C16H10ClFN2O2/c1-22-16(21)10-4-7-12-13(8-10)19-15(20-14(12)17)9-2-5-11(18)6-3-9/h2-8H,1H3. The summed E-state index contributed by atoms with van der Waals surface area (Å²) in [5, 5.41) is 0.890. The van der Waals surface area contributed by atoms with Crippen molar-refractivity contribution in [2.24, 2.45) is 0 Å². The van der Waals surface area contributed by atoms with Gasteiger partial charge in [0.05, 0.1) is 18.2 Å². The molecule has 0 bridgehead atoms. The van der Waals surface area contributed by atoms with Crippen LogP contribution in [-0.2, 0) is 4.74 Å². The van der Waals surface area contributed by atoms with E-state index in [9.17, 15) is 9.18 Å². The molecule has 3 rings (SSSR count). The number of rotatable bonds is 2. The molecule has 22 heavy (non-hydrogen) atoms. The van der Waals surface area contributed by atoms with E-state index in [0.29, 0.717) is 27.9 Å². The molecule has 4 nitrogen and oxygen atoms in total. The highest BCUT2D eigenvalue weighted by molar-refractivity contribution is 6.34. The molecule has 0 aliphatic heterocycles. The van der Waals surface area contributed by atoms with Crippen LogP contribution in [0.15, 0.2) is 42.5 Å². The Hall–Kier alpha value is -2.53. The van der Waals surface area contributed by atoms with Crippen molar-refractivity contribution in [3.63, 3.8) is 0 Å². The summed E-state index contributed by atoms with van der Waals surface area (Å²) in [5.41, 5.74) is 1.52. The van der Waals surface area contributed by atoms with Crippen LogP contribution >= 0.6 is 11.6 Å². The van der Waals surface area contributed by atoms with E-state index in [-0.39, 0.29) is 11.0 Å². The maximum absolute atomic E-state index is 13.0. The Balaban J connectivity index is 2.17. The highest BCUT2D eigenvalue weighted by Crippen LogP contribution is 2.26. The largest absolute Gasteiger partial charge is 0.465 e. The molecule has 0 radical (unpaired) electrons. The quantitative estimate of drug-likeness (QED) is 0.532. The van der Waals surface area contributed by atoms with Crippen molar-refractivity contribution in [1.29, 1.82) is 0 Å². The Morgan fingerprint density at radius 3 is 2.55 bits per heavy atom. The third-order valence-electron chi connectivity index (χ3n) is 3.17. The van der Waals surface area contributed by atoms with Crippen LogP contribution in [0, 0.1) is 5.82 Å². The van der Waals surface area contributed by atoms with Crippen molar-refractivity contribution < 1.29 is 13.9 Å². The number of fused-ring (bicyclic) bond motifs is 1. The Morgan fingerprint density at radius 1 is 1.14 bits per heavy atom. The minimum Gasteiger partial charge on any atom is -0.465 e. The summed E-state index contributed by atoms with van der Waals surface area (Å²) < 4.78 is 17.7. The molecule has 2 aromatic carbocycles. The van der Waals surface area contributed by atoms with Gasteiger partial charge in [-0.2, -0.15) is 0 Å². The van der Waals surface area contributed by atoms with Crippen LogP contribution in [-0.4, -0.2) is 23.0 Å². The first-order chi connectivity index (χ1) is 10.6. The number of hydrogen-bond donors (Lipinski definition) is 0. The summed E-state index contributed by atoms with van der Waals surface area (Å²) in [4.78, 5) is 20.2. The van der Waals surface area contributed by atoms with E-state index < -0.39 is 5.97 Å². The molecular formula is C16H10ClFN2O2. The molecule has 0 amide bonds. The average Bonchev–Trinajstić information content (AvgIpc) is 2.54. The van der Waals surface area contributed by atoms with Gasteiger partial charge in [-0.05, 0) is 42.5 Å². The van der Waals surface area contributed by atoms with Gasteiger partial charge in [-0.25, -0.2) is 19.2 Å². The molecule has 0 saturated carbocycles. The summed E-state index contributed by atoms with van der Waals surface area (Å²) >= 11 is 6.17. The second-order valence-corrected chi connectivity index (χ2v) is 4.93. The lowest BCUT2D eigenvalue weighted by molar-refractivity contribution is 0.0601. The molecular weight excluding hydrogens is 307 g/mol. The van der Waals surface area contributed by atoms with E-state index in [0.717, 1.165) is 0 Å². The van der Waals surface area contributed by atoms with E-state index in [2.05, 4.69) is 14.7 Å². The van der Waals surface area contributed by atoms with Crippen molar-refractivity contribution in [2.75, 3.05) is 7.11 Å². The van der Waals surface area contributed by atoms with Gasteiger partial charge in [0.15, 0.2) is 5.82 Å². The van der Waals surface area contributed by atoms with Gasteiger partial charge in [0.2, 0.25) is 0 Å². The molecule has 0 aliphatic rings. The fourth-order valence-corrected chi connectivity index (χ4v) is 2.30. The normalized spacial score (nSPS) is 10.7. The van der Waals surface area contributed by atoms with Crippen molar-refractivity contribution in [3.8, 4) is 11.4 Å². The van der Waals surface area contributed by atoms with Gasteiger partial charge in [-0.1, -0.05) is 11.6 Å². The van der Waals surface area contributed by atoms with Crippen LogP contribution in [0.1, 0.15) is 10.4 Å². The van der Waals surface area contributed by atoms with Crippen molar-refractivity contribution in [3.05, 3.63) is 59.0 Å². The average molecular weight is 317 g/mol. The van der Waals surface area contributed by atoms with E-state index in [1.54, 1.807) is 30.3 Å². The number of nitrogens with zero attached hydrogens (tertiary/aromatic N) is 2. The third kappa shape index (κ3) is 2.63. The highest BCUT2D eigenvalue weighted by atomic mass is 35.5. The number of esters is 1. The van der Waals surface area contributed by atoms with E-state index in [1.807, 2.05) is 0 Å². The molecule has 0 saturated heterocycles. The molecule has 0 unspecified atom stereocenters. The summed E-state index contributed by atoms with van der Waals surface area (Å²) in [5.74, 6) is -0.442. The van der Waals surface area contributed by atoms with Gasteiger partial charge in [-0.3, -0.25) is 0 Å². The SMILES string of the molecule is COC(=O)c1ccc2c(Cl)nc(-c3ccc(F)cc3)nc2c1. The van der Waals surface area contributed by atoms with Crippen molar-refractivity contribution in [1.82, 2.24) is 9.97 Å². The second kappa shape index (κ2) is 5.69. The Bertz CT molecular complexity index is 866. The molecule has 6 heteroatoms. The zero-order valence-electron chi connectivity index (χ0n) is 11.5. The van der Waals surface area contributed by atoms with Crippen LogP contribution in [0.4, 0.5) is 4.39 Å². The first-order valence-corrected chi connectivity index (χ1v) is 6.78. The van der Waals surface area contributed by atoms with Gasteiger partial charge in [0.1, 0.15) is 11.0 Å². The second-order valence-electron chi connectivity index (χ2n) is 4.57. The van der Waals surface area contributed by atoms with E-state index in [4.69, 9.17) is 11.6 Å². The molecule has 1 aromatic heterocycles. The first-order valence-electron chi connectivity index (χ1n) is 6.40. The molecule has 0 fully saturated rings. The lowest BCUT2D eigenvalue weighted by atomic mass is 10.1. The molecule has 0 spiro atoms. The monoisotopic (exact) mass is 316 g/mol. The molecule has 0 aliphatic carbocycles. The molecule has 1 heterocycles. The Morgan fingerprint density at radius 2 is 1.86 bits per heavy atom. The van der Waals surface area contributed by atoms with Crippen LogP contribution < -0.4 is 0 Å². The number of halogens is 2. The number of methoxy groups -OCH3 is 1. The smallest absolute Gasteiger partial charge is 0.337 e. The summed E-state index contributed by atoms with van der Waals surface area (Å²) in [7, 11) is 1.31. The van der Waals surface area contributed by atoms with Gasteiger partial charge >= 0.3 is 5.97 Å². The lowest BCUT2D eigenvalue weighted by Crippen LogP contribution is -2.01. The third-order valence-corrected chi connectivity index (χ3v) is 3.46. The van der Waals surface area contributed by atoms with Crippen LogP contribution in [0.3, 0.4) is 0 Å². The maximum atomic E-state index is 13.0. The first kappa shape index (κ1) is 14.4. The Kier molecular flexibility index (Phi) is 3.73. The van der Waals surface area contributed by atoms with E-state index in [1.165, 1.54) is 19.2 Å². The van der Waals surface area contributed by atoms with E-state index >= 15 is 0 Å². The van der Waals surface area contributed by atoms with Crippen LogP contribution in [0.25, 0.3) is 22.3 Å². The van der Waals surface area contributed by atoms with Gasteiger partial charge in [0.25, 0.3) is 0 Å². The van der Waals surface area contributed by atoms with Gasteiger partial charge < -0.3 is 4.74 Å². The topological polar surface area (TPSA) is 52.1 Å². The zero-order chi connectivity index (χ0) is 15.7. The summed E-state index contributed by atoms with van der Waals surface area (Å²) in [6, 6.07) is 10.6. The lowest BCUT2D eigenvalue weighted by Gasteiger charge is -2.06. The van der Waals surface area contributed by atoms with Gasteiger partial charge in [-0.15, -0.1) is 0 Å². The number of benzene rings is 2. The number of hydrogen-bond acceptors (Lipinski definition) is 4. The summed E-state index contributed by atoms with van der Waals surface area (Å²) in [6.45, 7) is 0. The number of aromatic nitrogens is 2. The molecule has 3 aromatic rings. The fraction of sp³-hybridized carbons (Fsp3) is 0.0625. The highest BCUT2D eigenvalue weighted by Gasteiger charge is 2.12. The minimum absolute atomic E-state index is 0.265.